The summed E-state index contributed by atoms with van der Waals surface area (Å²) in [5.41, 5.74) is 0.579. The fourth-order valence-corrected chi connectivity index (χ4v) is 2.75. The van der Waals surface area contributed by atoms with Crippen molar-refractivity contribution in [2.45, 2.75) is 6.10 Å². The minimum absolute atomic E-state index is 0.0545. The van der Waals surface area contributed by atoms with Crippen LogP contribution in [-0.2, 0) is 9.53 Å². The topological polar surface area (TPSA) is 118 Å². The normalized spacial score (nSPS) is 10.9. The van der Waals surface area contributed by atoms with Gasteiger partial charge in [-0.1, -0.05) is 12.7 Å². The maximum absolute atomic E-state index is 12.4. The van der Waals surface area contributed by atoms with Crippen molar-refractivity contribution in [3.05, 3.63) is 109 Å². The van der Waals surface area contributed by atoms with Gasteiger partial charge in [-0.3, -0.25) is 0 Å². The molecule has 0 heterocycles. The molecule has 1 atom stereocenters. The summed E-state index contributed by atoms with van der Waals surface area (Å²) < 4.78 is 26.0. The molecule has 0 aromatic heterocycles. The molecular weight excluding hydrogens is 480 g/mol. The van der Waals surface area contributed by atoms with Crippen LogP contribution in [0.1, 0.15) is 20.7 Å². The number of aliphatic hydroxyl groups is 1. The number of carbonyl (C=O) groups excluding carboxylic acids is 3. The van der Waals surface area contributed by atoms with Gasteiger partial charge in [-0.05, 0) is 72.8 Å². The van der Waals surface area contributed by atoms with E-state index in [1.54, 1.807) is 12.1 Å². The molecule has 0 radical (unpaired) electrons. The monoisotopic (exact) mass is 504 g/mol. The van der Waals surface area contributed by atoms with E-state index in [9.17, 15) is 19.5 Å². The van der Waals surface area contributed by atoms with Crippen LogP contribution in [0.3, 0.4) is 0 Å². The van der Waals surface area contributed by atoms with E-state index in [0.29, 0.717) is 17.1 Å². The molecule has 0 aliphatic carbocycles. The van der Waals surface area contributed by atoms with E-state index in [0.717, 1.165) is 6.08 Å². The summed E-state index contributed by atoms with van der Waals surface area (Å²) in [4.78, 5) is 35.8. The lowest BCUT2D eigenvalue weighted by Crippen LogP contribution is -2.14. The number of aliphatic hydroxyl groups excluding tert-OH is 1. The maximum atomic E-state index is 12.4. The van der Waals surface area contributed by atoms with E-state index in [1.807, 2.05) is 0 Å². The van der Waals surface area contributed by atoms with Gasteiger partial charge >= 0.3 is 17.9 Å². The average molecular weight is 504 g/mol. The molecule has 0 aliphatic rings. The van der Waals surface area contributed by atoms with Gasteiger partial charge in [0.2, 0.25) is 6.79 Å². The zero-order valence-electron chi connectivity index (χ0n) is 19.7. The lowest BCUT2D eigenvalue weighted by atomic mass is 10.2. The summed E-state index contributed by atoms with van der Waals surface area (Å²) >= 11 is 0. The van der Waals surface area contributed by atoms with Gasteiger partial charge in [-0.15, -0.1) is 6.58 Å². The molecule has 0 spiro atoms. The van der Waals surface area contributed by atoms with Crippen LogP contribution in [0, 0.1) is 0 Å². The molecule has 0 saturated carbocycles. The maximum Gasteiger partial charge on any atom is 0.343 e. The largest absolute Gasteiger partial charge is 0.491 e. The first-order chi connectivity index (χ1) is 17.9. The molecular formula is C28H24O9. The predicted octanol–water partition coefficient (Wildman–Crippen LogP) is 4.12. The van der Waals surface area contributed by atoms with E-state index in [4.69, 9.17) is 23.7 Å². The Morgan fingerprint density at radius 2 is 1.14 bits per heavy atom. The summed E-state index contributed by atoms with van der Waals surface area (Å²) in [5, 5.41) is 9.44. The lowest BCUT2D eigenvalue weighted by Gasteiger charge is -2.10. The first kappa shape index (κ1) is 26.7. The van der Waals surface area contributed by atoms with E-state index in [1.165, 1.54) is 66.7 Å². The molecule has 1 N–H and O–H groups in total. The highest BCUT2D eigenvalue weighted by Gasteiger charge is 2.12. The molecule has 0 bridgehead atoms. The van der Waals surface area contributed by atoms with Crippen LogP contribution in [0.15, 0.2) is 98.1 Å². The van der Waals surface area contributed by atoms with Crippen molar-refractivity contribution in [1.29, 1.82) is 0 Å². The van der Waals surface area contributed by atoms with Crippen molar-refractivity contribution in [1.82, 2.24) is 0 Å². The number of hydrogen-bond donors (Lipinski definition) is 1. The molecule has 1 unspecified atom stereocenters. The van der Waals surface area contributed by atoms with Crippen LogP contribution in [-0.4, -0.2) is 42.5 Å². The standard InChI is InChI=1S/C28H24O9/c1-3-21(29)17-33-22-9-5-19(6-10-22)27(31)36-24-13-15-25(16-14-24)37-28(32)20-7-11-23(12-8-20)34-18-35-26(30)4-2/h3-16,21,29H,1-2,17-18H2. The number of carbonyl (C=O) groups is 3. The third-order valence-corrected chi connectivity index (χ3v) is 4.71. The fourth-order valence-electron chi connectivity index (χ4n) is 2.75. The summed E-state index contributed by atoms with van der Waals surface area (Å²) in [7, 11) is 0. The van der Waals surface area contributed by atoms with Gasteiger partial charge < -0.3 is 28.8 Å². The Kier molecular flexibility index (Phi) is 9.58. The van der Waals surface area contributed by atoms with E-state index in [2.05, 4.69) is 13.2 Å². The molecule has 9 nitrogen and oxygen atoms in total. The van der Waals surface area contributed by atoms with Crippen molar-refractivity contribution in [2.24, 2.45) is 0 Å². The van der Waals surface area contributed by atoms with Crippen molar-refractivity contribution in [3.63, 3.8) is 0 Å². The number of esters is 3. The van der Waals surface area contributed by atoms with Crippen LogP contribution >= 0.6 is 0 Å². The van der Waals surface area contributed by atoms with Crippen LogP contribution in [0.5, 0.6) is 23.0 Å². The second-order valence-electron chi connectivity index (χ2n) is 7.34. The molecule has 37 heavy (non-hydrogen) atoms. The molecule has 0 saturated heterocycles. The Balaban J connectivity index is 1.49. The van der Waals surface area contributed by atoms with Crippen molar-refractivity contribution >= 4 is 17.9 Å². The van der Waals surface area contributed by atoms with Gasteiger partial charge in [0.05, 0.1) is 11.1 Å². The molecule has 0 aliphatic heterocycles. The zero-order chi connectivity index (χ0) is 26.6. The molecule has 3 aromatic carbocycles. The third kappa shape index (κ3) is 8.37. The lowest BCUT2D eigenvalue weighted by molar-refractivity contribution is -0.144. The van der Waals surface area contributed by atoms with Gasteiger partial charge in [-0.2, -0.15) is 0 Å². The second-order valence-corrected chi connectivity index (χ2v) is 7.34. The number of rotatable bonds is 12. The fraction of sp³-hybridized carbons (Fsp3) is 0.107. The van der Waals surface area contributed by atoms with Gasteiger partial charge in [0, 0.05) is 6.08 Å². The Bertz CT molecular complexity index is 1230. The molecule has 3 aromatic rings. The Morgan fingerprint density at radius 3 is 1.57 bits per heavy atom. The van der Waals surface area contributed by atoms with Gasteiger partial charge in [0.1, 0.15) is 35.7 Å². The average Bonchev–Trinajstić information content (AvgIpc) is 2.93. The summed E-state index contributed by atoms with van der Waals surface area (Å²) in [6, 6.07) is 18.3. The molecule has 0 fully saturated rings. The minimum Gasteiger partial charge on any atom is -0.491 e. The van der Waals surface area contributed by atoms with Crippen molar-refractivity contribution in [3.8, 4) is 23.0 Å². The Hall–Kier alpha value is -4.89. The zero-order valence-corrected chi connectivity index (χ0v) is 19.7. The smallest absolute Gasteiger partial charge is 0.343 e. The highest BCUT2D eigenvalue weighted by Crippen LogP contribution is 2.21. The van der Waals surface area contributed by atoms with Crippen LogP contribution < -0.4 is 18.9 Å². The number of ether oxygens (including phenoxy) is 5. The summed E-state index contributed by atoms with van der Waals surface area (Å²) in [6.07, 6.45) is 1.60. The van der Waals surface area contributed by atoms with Crippen LogP contribution in [0.25, 0.3) is 0 Å². The number of hydrogen-bond acceptors (Lipinski definition) is 9. The summed E-state index contributed by atoms with van der Waals surface area (Å²) in [6.45, 7) is 6.52. The first-order valence-corrected chi connectivity index (χ1v) is 11.0. The predicted molar refractivity (Wildman–Crippen MR) is 133 cm³/mol. The van der Waals surface area contributed by atoms with Crippen molar-refractivity contribution in [2.75, 3.05) is 13.4 Å². The van der Waals surface area contributed by atoms with Crippen LogP contribution in [0.2, 0.25) is 0 Å². The van der Waals surface area contributed by atoms with E-state index >= 15 is 0 Å². The molecule has 190 valence electrons. The first-order valence-electron chi connectivity index (χ1n) is 11.0. The Labute approximate surface area is 213 Å². The molecule has 9 heteroatoms. The van der Waals surface area contributed by atoms with Gasteiger partial charge in [0.15, 0.2) is 0 Å². The number of benzene rings is 3. The second kappa shape index (κ2) is 13.3. The highest BCUT2D eigenvalue weighted by atomic mass is 16.7. The highest BCUT2D eigenvalue weighted by molar-refractivity contribution is 5.92. The third-order valence-electron chi connectivity index (χ3n) is 4.71. The van der Waals surface area contributed by atoms with E-state index < -0.39 is 24.0 Å². The Morgan fingerprint density at radius 1 is 0.703 bits per heavy atom. The molecule has 0 amide bonds. The molecule has 3 rings (SSSR count). The van der Waals surface area contributed by atoms with Gasteiger partial charge in [0.25, 0.3) is 0 Å². The van der Waals surface area contributed by atoms with Crippen LogP contribution in [0.4, 0.5) is 0 Å². The van der Waals surface area contributed by atoms with Crippen molar-refractivity contribution < 1.29 is 43.2 Å². The SMILES string of the molecule is C=CC(=O)OCOc1ccc(C(=O)Oc2ccc(OC(=O)c3ccc(OCC(O)C=C)cc3)cc2)cc1. The quantitative estimate of drug-likeness (QED) is 0.128. The minimum atomic E-state index is -0.783. The summed E-state index contributed by atoms with van der Waals surface area (Å²) in [5.74, 6) is -0.389. The van der Waals surface area contributed by atoms with E-state index in [-0.39, 0.29) is 30.5 Å². The van der Waals surface area contributed by atoms with Gasteiger partial charge in [-0.25, -0.2) is 14.4 Å².